The molecule has 116 valence electrons. The van der Waals surface area contributed by atoms with E-state index in [2.05, 4.69) is 5.32 Å². The molecule has 0 saturated carbocycles. The minimum atomic E-state index is -4.16. The van der Waals surface area contributed by atoms with Crippen molar-refractivity contribution >= 4 is 15.7 Å². The van der Waals surface area contributed by atoms with Crippen molar-refractivity contribution < 1.29 is 17.9 Å². The van der Waals surface area contributed by atoms with Gasteiger partial charge in [-0.1, -0.05) is 0 Å². The Balaban J connectivity index is 2.63. The number of primary sulfonamides is 1. The molecule has 1 heterocycles. The van der Waals surface area contributed by atoms with E-state index in [-0.39, 0.29) is 35.3 Å². The molecule has 9 nitrogen and oxygen atoms in total. The zero-order valence-electron chi connectivity index (χ0n) is 11.5. The maximum absolute atomic E-state index is 11.7. The van der Waals surface area contributed by atoms with Gasteiger partial charge in [0.1, 0.15) is 42.0 Å². The van der Waals surface area contributed by atoms with Gasteiger partial charge < -0.3 is 14.8 Å². The Kier molecular flexibility index (Phi) is 4.37. The van der Waals surface area contributed by atoms with Crippen LogP contribution in [-0.4, -0.2) is 21.6 Å². The van der Waals surface area contributed by atoms with Gasteiger partial charge in [-0.3, -0.25) is 0 Å². The number of rotatable bonds is 3. The average molecular weight is 331 g/mol. The summed E-state index contributed by atoms with van der Waals surface area (Å²) in [5.41, 5.74) is -1.00. The molecule has 0 unspecified atom stereocenters. The van der Waals surface area contributed by atoms with Gasteiger partial charge in [0.25, 0.3) is 0 Å². The standard InChI is InChI=1S/C13H9N5O4S/c14-5-8(6-15)10(7-16)18-9-3-11-12(22-2-1-21-11)4-13(9)23(17,19)20/h3-4,18H,1-2H2,(H2,17,19,20). The molecule has 0 radical (unpaired) electrons. The number of sulfonamides is 1. The Morgan fingerprint density at radius 1 is 1.09 bits per heavy atom. The number of nitrogens with zero attached hydrogens (tertiary/aromatic N) is 3. The highest BCUT2D eigenvalue weighted by Crippen LogP contribution is 2.37. The molecule has 0 fully saturated rings. The quantitative estimate of drug-likeness (QED) is 0.749. The number of nitrogens with one attached hydrogen (secondary N) is 1. The lowest BCUT2D eigenvalue weighted by molar-refractivity contribution is 0.171. The van der Waals surface area contributed by atoms with Crippen LogP contribution in [0, 0.1) is 34.0 Å². The Morgan fingerprint density at radius 2 is 1.65 bits per heavy atom. The maximum atomic E-state index is 11.7. The van der Waals surface area contributed by atoms with E-state index in [0.29, 0.717) is 0 Å². The number of fused-ring (bicyclic) bond motifs is 1. The summed E-state index contributed by atoms with van der Waals surface area (Å²) in [7, 11) is -4.16. The third-order valence-electron chi connectivity index (χ3n) is 2.80. The molecule has 1 aliphatic heterocycles. The third kappa shape index (κ3) is 3.33. The van der Waals surface area contributed by atoms with Crippen molar-refractivity contribution in [1.82, 2.24) is 0 Å². The second-order valence-corrected chi connectivity index (χ2v) is 5.78. The van der Waals surface area contributed by atoms with Crippen molar-refractivity contribution in [3.8, 4) is 29.7 Å². The zero-order chi connectivity index (χ0) is 17.0. The molecule has 0 aliphatic carbocycles. The molecule has 10 heteroatoms. The minimum absolute atomic E-state index is 0.101. The Bertz CT molecular complexity index is 899. The number of hydrogen-bond donors (Lipinski definition) is 2. The molecule has 1 aromatic rings. The van der Waals surface area contributed by atoms with Gasteiger partial charge in [0.05, 0.1) is 5.69 Å². The fourth-order valence-corrected chi connectivity index (χ4v) is 2.51. The summed E-state index contributed by atoms with van der Waals surface area (Å²) in [5.74, 6) is 0.438. The highest BCUT2D eigenvalue weighted by atomic mass is 32.2. The second kappa shape index (κ2) is 6.24. The van der Waals surface area contributed by atoms with Crippen LogP contribution < -0.4 is 19.9 Å². The van der Waals surface area contributed by atoms with E-state index < -0.39 is 21.3 Å². The summed E-state index contributed by atoms with van der Waals surface area (Å²) in [6, 6.07) is 7.14. The topological polar surface area (TPSA) is 162 Å². The first-order valence-electron chi connectivity index (χ1n) is 6.08. The third-order valence-corrected chi connectivity index (χ3v) is 3.75. The highest BCUT2D eigenvalue weighted by molar-refractivity contribution is 7.89. The molecule has 0 spiro atoms. The Labute approximate surface area is 131 Å². The highest BCUT2D eigenvalue weighted by Gasteiger charge is 2.22. The summed E-state index contributed by atoms with van der Waals surface area (Å²) in [5, 5.41) is 34.3. The van der Waals surface area contributed by atoms with Gasteiger partial charge in [-0.2, -0.15) is 15.8 Å². The van der Waals surface area contributed by atoms with Crippen LogP contribution in [0.3, 0.4) is 0 Å². The van der Waals surface area contributed by atoms with Gasteiger partial charge in [-0.05, 0) is 0 Å². The Hall–Kier alpha value is -3.26. The average Bonchev–Trinajstić information content (AvgIpc) is 2.53. The monoisotopic (exact) mass is 331 g/mol. The van der Waals surface area contributed by atoms with E-state index in [1.807, 2.05) is 0 Å². The number of anilines is 1. The van der Waals surface area contributed by atoms with Crippen LogP contribution >= 0.6 is 0 Å². The van der Waals surface area contributed by atoms with Crippen LogP contribution in [0.1, 0.15) is 0 Å². The van der Waals surface area contributed by atoms with Crippen molar-refractivity contribution in [1.29, 1.82) is 15.8 Å². The molecule has 2 rings (SSSR count). The lowest BCUT2D eigenvalue weighted by Gasteiger charge is -2.21. The lowest BCUT2D eigenvalue weighted by atomic mass is 10.2. The molecule has 0 bridgehead atoms. The number of hydrogen-bond acceptors (Lipinski definition) is 8. The first-order chi connectivity index (χ1) is 10.9. The molecule has 3 N–H and O–H groups in total. The van der Waals surface area contributed by atoms with Crippen LogP contribution in [0.15, 0.2) is 28.3 Å². The van der Waals surface area contributed by atoms with E-state index in [4.69, 9.17) is 30.4 Å². The maximum Gasteiger partial charge on any atom is 0.240 e. The number of nitriles is 3. The summed E-state index contributed by atoms with van der Waals surface area (Å²) in [4.78, 5) is -0.357. The number of ether oxygens (including phenoxy) is 2. The van der Waals surface area contributed by atoms with E-state index in [1.165, 1.54) is 6.07 Å². The molecule has 1 aliphatic rings. The van der Waals surface area contributed by atoms with Crippen molar-refractivity contribution in [3.63, 3.8) is 0 Å². The van der Waals surface area contributed by atoms with Gasteiger partial charge in [-0.25, -0.2) is 13.6 Å². The molecular weight excluding hydrogens is 322 g/mol. The lowest BCUT2D eigenvalue weighted by Crippen LogP contribution is -2.19. The van der Waals surface area contributed by atoms with Crippen molar-refractivity contribution in [2.24, 2.45) is 5.14 Å². The SMILES string of the molecule is N#CC(C#N)=C(C#N)Nc1cc2c(cc1S(N)(=O)=O)OCCO2. The van der Waals surface area contributed by atoms with Gasteiger partial charge in [-0.15, -0.1) is 0 Å². The van der Waals surface area contributed by atoms with E-state index in [0.717, 1.165) is 6.07 Å². The molecule has 0 saturated heterocycles. The van der Waals surface area contributed by atoms with Crippen molar-refractivity contribution in [2.75, 3.05) is 18.5 Å². The molecule has 0 atom stereocenters. The first-order valence-corrected chi connectivity index (χ1v) is 7.63. The molecule has 0 aromatic heterocycles. The van der Waals surface area contributed by atoms with E-state index in [1.54, 1.807) is 18.2 Å². The van der Waals surface area contributed by atoms with Crippen LogP contribution in [0.2, 0.25) is 0 Å². The fourth-order valence-electron chi connectivity index (χ4n) is 1.82. The van der Waals surface area contributed by atoms with Gasteiger partial charge >= 0.3 is 0 Å². The zero-order valence-corrected chi connectivity index (χ0v) is 12.3. The summed E-state index contributed by atoms with van der Waals surface area (Å²) < 4.78 is 34.1. The predicted molar refractivity (Wildman–Crippen MR) is 76.3 cm³/mol. The van der Waals surface area contributed by atoms with Gasteiger partial charge in [0.15, 0.2) is 17.1 Å². The first kappa shape index (κ1) is 16.1. The van der Waals surface area contributed by atoms with E-state index in [9.17, 15) is 8.42 Å². The molecule has 0 amide bonds. The van der Waals surface area contributed by atoms with Crippen molar-refractivity contribution in [2.45, 2.75) is 4.90 Å². The van der Waals surface area contributed by atoms with Gasteiger partial charge in [0, 0.05) is 12.1 Å². The van der Waals surface area contributed by atoms with Crippen LogP contribution in [-0.2, 0) is 10.0 Å². The van der Waals surface area contributed by atoms with Crippen molar-refractivity contribution in [3.05, 3.63) is 23.4 Å². The number of nitrogens with two attached hydrogens (primary N) is 1. The summed E-state index contributed by atoms with van der Waals surface area (Å²) in [6.45, 7) is 0.518. The summed E-state index contributed by atoms with van der Waals surface area (Å²) in [6.07, 6.45) is 0. The number of allylic oxidation sites excluding steroid dienone is 2. The van der Waals surface area contributed by atoms with Gasteiger partial charge in [0.2, 0.25) is 10.0 Å². The van der Waals surface area contributed by atoms with Crippen LogP contribution in [0.4, 0.5) is 5.69 Å². The summed E-state index contributed by atoms with van der Waals surface area (Å²) >= 11 is 0. The Morgan fingerprint density at radius 3 is 2.13 bits per heavy atom. The molecular formula is C13H9N5O4S. The second-order valence-electron chi connectivity index (χ2n) is 4.25. The largest absolute Gasteiger partial charge is 0.486 e. The normalized spacial score (nSPS) is 12.3. The number of benzene rings is 1. The predicted octanol–water partition coefficient (Wildman–Crippen LogP) is 0.342. The minimum Gasteiger partial charge on any atom is -0.486 e. The fraction of sp³-hybridized carbons (Fsp3) is 0.154. The molecule has 1 aromatic carbocycles. The van der Waals surface area contributed by atoms with Crippen LogP contribution in [0.5, 0.6) is 11.5 Å². The van der Waals surface area contributed by atoms with Crippen LogP contribution in [0.25, 0.3) is 0 Å². The smallest absolute Gasteiger partial charge is 0.240 e. The van der Waals surface area contributed by atoms with E-state index >= 15 is 0 Å². The molecule has 23 heavy (non-hydrogen) atoms.